The molecule has 0 saturated carbocycles. The number of ether oxygens (including phenoxy) is 1. The fraction of sp³-hybridized carbons (Fsp3) is 0.130. The number of aliphatic carboxylic acids is 1. The van der Waals surface area contributed by atoms with Gasteiger partial charge in [-0.25, -0.2) is 0 Å². The number of aryl methyl sites for hydroxylation is 1. The lowest BCUT2D eigenvalue weighted by Gasteiger charge is -2.09. The monoisotopic (exact) mass is 375 g/mol. The first-order chi connectivity index (χ1) is 13.6. The molecule has 0 aromatic heterocycles. The molecule has 28 heavy (non-hydrogen) atoms. The van der Waals surface area contributed by atoms with E-state index in [0.29, 0.717) is 18.6 Å². The van der Waals surface area contributed by atoms with Crippen LogP contribution in [0.2, 0.25) is 0 Å². The average Bonchev–Trinajstić information content (AvgIpc) is 2.73. The number of carbonyl (C=O) groups excluding carboxylic acids is 1. The highest BCUT2D eigenvalue weighted by Gasteiger charge is 2.05. The minimum Gasteiger partial charge on any atom is -0.489 e. The van der Waals surface area contributed by atoms with Gasteiger partial charge in [-0.3, -0.25) is 9.59 Å². The number of carboxylic acid groups (broad SMARTS) is 1. The van der Waals surface area contributed by atoms with Crippen LogP contribution in [-0.2, 0) is 17.8 Å². The van der Waals surface area contributed by atoms with Crippen LogP contribution in [0.15, 0.2) is 78.9 Å². The van der Waals surface area contributed by atoms with Gasteiger partial charge in [-0.05, 0) is 53.9 Å². The molecular weight excluding hydrogens is 354 g/mol. The molecule has 0 atom stereocenters. The van der Waals surface area contributed by atoms with E-state index < -0.39 is 5.97 Å². The van der Waals surface area contributed by atoms with Crippen LogP contribution in [-0.4, -0.2) is 17.0 Å². The Bertz CT molecular complexity index is 919. The zero-order valence-corrected chi connectivity index (χ0v) is 15.3. The van der Waals surface area contributed by atoms with Crippen LogP contribution in [0, 0.1) is 0 Å². The number of carbonyl (C=O) groups is 2. The van der Waals surface area contributed by atoms with Gasteiger partial charge in [0.2, 0.25) is 0 Å². The first kappa shape index (κ1) is 19.2. The maximum atomic E-state index is 12.2. The van der Waals surface area contributed by atoms with Crippen molar-refractivity contribution in [3.05, 3.63) is 95.6 Å². The van der Waals surface area contributed by atoms with Crippen molar-refractivity contribution in [1.29, 1.82) is 0 Å². The Morgan fingerprint density at radius 1 is 0.821 bits per heavy atom. The third-order valence-electron chi connectivity index (χ3n) is 4.20. The number of rotatable bonds is 8. The molecule has 1 amide bonds. The van der Waals surface area contributed by atoms with Crippen LogP contribution in [0.3, 0.4) is 0 Å². The summed E-state index contributed by atoms with van der Waals surface area (Å²) in [6.07, 6.45) is 0.624. The van der Waals surface area contributed by atoms with Crippen molar-refractivity contribution in [1.82, 2.24) is 0 Å². The van der Waals surface area contributed by atoms with Gasteiger partial charge in [0.15, 0.2) is 0 Å². The summed E-state index contributed by atoms with van der Waals surface area (Å²) in [4.78, 5) is 22.8. The van der Waals surface area contributed by atoms with E-state index >= 15 is 0 Å². The second-order valence-electron chi connectivity index (χ2n) is 6.34. The molecule has 2 N–H and O–H groups in total. The molecule has 0 aliphatic carbocycles. The molecule has 0 unspecified atom stereocenters. The highest BCUT2D eigenvalue weighted by atomic mass is 16.5. The third kappa shape index (κ3) is 5.71. The normalized spacial score (nSPS) is 10.3. The lowest BCUT2D eigenvalue weighted by Crippen LogP contribution is -2.11. The highest BCUT2D eigenvalue weighted by Crippen LogP contribution is 2.17. The van der Waals surface area contributed by atoms with Gasteiger partial charge in [0.25, 0.3) is 5.91 Å². The van der Waals surface area contributed by atoms with Gasteiger partial charge in [-0.15, -0.1) is 0 Å². The summed E-state index contributed by atoms with van der Waals surface area (Å²) in [5.74, 6) is -0.225. The molecular formula is C23H21NO4. The fourth-order valence-electron chi connectivity index (χ4n) is 2.65. The predicted molar refractivity (Wildman–Crippen MR) is 108 cm³/mol. The highest BCUT2D eigenvalue weighted by molar-refractivity contribution is 6.04. The number of nitrogens with one attached hydrogen (secondary N) is 1. The number of hydrogen-bond acceptors (Lipinski definition) is 3. The predicted octanol–water partition coefficient (Wildman–Crippen LogP) is 4.54. The minimum absolute atomic E-state index is 0.118. The molecule has 5 nitrogen and oxygen atoms in total. The number of benzene rings is 3. The van der Waals surface area contributed by atoms with Crippen LogP contribution in [0.25, 0.3) is 0 Å². The first-order valence-electron chi connectivity index (χ1n) is 8.99. The molecule has 3 aromatic rings. The van der Waals surface area contributed by atoms with E-state index in [0.717, 1.165) is 22.6 Å². The molecule has 0 spiro atoms. The molecule has 0 bridgehead atoms. The average molecular weight is 375 g/mol. The summed E-state index contributed by atoms with van der Waals surface area (Å²) in [6.45, 7) is 0.404. The summed E-state index contributed by atoms with van der Waals surface area (Å²) in [6, 6.07) is 24.0. The smallest absolute Gasteiger partial charge is 0.303 e. The Balaban J connectivity index is 1.50. The van der Waals surface area contributed by atoms with Crippen molar-refractivity contribution in [2.75, 3.05) is 5.32 Å². The minimum atomic E-state index is -0.802. The third-order valence-corrected chi connectivity index (χ3v) is 4.20. The van der Waals surface area contributed by atoms with Crippen molar-refractivity contribution in [3.63, 3.8) is 0 Å². The van der Waals surface area contributed by atoms with Crippen LogP contribution in [0.1, 0.15) is 27.9 Å². The summed E-state index contributed by atoms with van der Waals surface area (Å²) >= 11 is 0. The van der Waals surface area contributed by atoms with E-state index in [1.54, 1.807) is 12.1 Å². The lowest BCUT2D eigenvalue weighted by molar-refractivity contribution is -0.136. The molecule has 5 heteroatoms. The molecule has 3 aromatic carbocycles. The molecule has 0 heterocycles. The number of hydrogen-bond donors (Lipinski definition) is 2. The van der Waals surface area contributed by atoms with Gasteiger partial charge in [-0.2, -0.15) is 0 Å². The fourth-order valence-corrected chi connectivity index (χ4v) is 2.65. The summed E-state index contributed by atoms with van der Waals surface area (Å²) in [5.41, 5.74) is 3.28. The van der Waals surface area contributed by atoms with Gasteiger partial charge in [-0.1, -0.05) is 42.5 Å². The van der Waals surface area contributed by atoms with Crippen LogP contribution in [0.4, 0.5) is 5.69 Å². The summed E-state index contributed by atoms with van der Waals surface area (Å²) < 4.78 is 5.76. The number of amides is 1. The maximum absolute atomic E-state index is 12.2. The van der Waals surface area contributed by atoms with E-state index in [2.05, 4.69) is 5.32 Å². The van der Waals surface area contributed by atoms with E-state index in [9.17, 15) is 9.59 Å². The van der Waals surface area contributed by atoms with E-state index in [1.807, 2.05) is 66.7 Å². The molecule has 142 valence electrons. The summed E-state index contributed by atoms with van der Waals surface area (Å²) in [5, 5.41) is 11.6. The van der Waals surface area contributed by atoms with Crippen molar-refractivity contribution in [2.45, 2.75) is 19.4 Å². The molecule has 0 saturated heterocycles. The first-order valence-corrected chi connectivity index (χ1v) is 8.99. The molecule has 3 rings (SSSR count). The SMILES string of the molecule is O=C(O)CCc1ccc(OCc2ccc(NC(=O)c3ccccc3)cc2)cc1. The molecule has 0 aliphatic rings. The molecule has 0 aliphatic heterocycles. The number of carboxylic acids is 1. The Labute approximate surface area is 163 Å². The standard InChI is InChI=1S/C23H21NO4/c25-22(26)15-10-17-8-13-21(14-9-17)28-16-18-6-11-20(12-7-18)24-23(27)19-4-2-1-3-5-19/h1-9,11-14H,10,15-16H2,(H,24,27)(H,25,26). The Morgan fingerprint density at radius 3 is 2.11 bits per heavy atom. The van der Waals surface area contributed by atoms with Crippen LogP contribution >= 0.6 is 0 Å². The van der Waals surface area contributed by atoms with Gasteiger partial charge in [0, 0.05) is 17.7 Å². The maximum Gasteiger partial charge on any atom is 0.303 e. The van der Waals surface area contributed by atoms with Gasteiger partial charge in [0.1, 0.15) is 12.4 Å². The van der Waals surface area contributed by atoms with Crippen molar-refractivity contribution in [2.24, 2.45) is 0 Å². The molecule has 0 fully saturated rings. The second-order valence-corrected chi connectivity index (χ2v) is 6.34. The zero-order valence-electron chi connectivity index (χ0n) is 15.3. The van der Waals surface area contributed by atoms with Crippen molar-refractivity contribution < 1.29 is 19.4 Å². The van der Waals surface area contributed by atoms with Gasteiger partial charge < -0.3 is 15.2 Å². The van der Waals surface area contributed by atoms with E-state index in [1.165, 1.54) is 0 Å². The topological polar surface area (TPSA) is 75.6 Å². The van der Waals surface area contributed by atoms with E-state index in [-0.39, 0.29) is 12.3 Å². The van der Waals surface area contributed by atoms with Crippen molar-refractivity contribution in [3.8, 4) is 5.75 Å². The van der Waals surface area contributed by atoms with E-state index in [4.69, 9.17) is 9.84 Å². The van der Waals surface area contributed by atoms with Crippen LogP contribution < -0.4 is 10.1 Å². The van der Waals surface area contributed by atoms with Gasteiger partial charge in [0.05, 0.1) is 0 Å². The molecule has 0 radical (unpaired) electrons. The van der Waals surface area contributed by atoms with Gasteiger partial charge >= 0.3 is 5.97 Å². The lowest BCUT2D eigenvalue weighted by atomic mass is 10.1. The Hall–Kier alpha value is -3.60. The number of anilines is 1. The Kier molecular flexibility index (Phi) is 6.41. The quantitative estimate of drug-likeness (QED) is 0.606. The Morgan fingerprint density at radius 2 is 1.46 bits per heavy atom. The zero-order chi connectivity index (χ0) is 19.8. The van der Waals surface area contributed by atoms with Crippen LogP contribution in [0.5, 0.6) is 5.75 Å². The van der Waals surface area contributed by atoms with Crippen molar-refractivity contribution >= 4 is 17.6 Å². The second kappa shape index (κ2) is 9.37. The largest absolute Gasteiger partial charge is 0.489 e. The summed E-state index contributed by atoms with van der Waals surface area (Å²) in [7, 11) is 0.